The van der Waals surface area contributed by atoms with Gasteiger partial charge in [-0.1, -0.05) is 25.1 Å². The molecule has 0 aromatic heterocycles. The number of hydrogen-bond donors (Lipinski definition) is 1. The molecule has 3 rings (SSSR count). The maximum absolute atomic E-state index is 13.2. The summed E-state index contributed by atoms with van der Waals surface area (Å²) in [4.78, 5) is 14.9. The fraction of sp³-hybridized carbons (Fsp3) is 0.350. The molecule has 0 unspecified atom stereocenters. The number of nitrogens with one attached hydrogen (secondary N) is 1. The molecule has 0 aliphatic carbocycles. The maximum Gasteiger partial charge on any atom is 0.258 e. The van der Waals surface area contributed by atoms with Gasteiger partial charge in [0.25, 0.3) is 5.91 Å². The van der Waals surface area contributed by atoms with Crippen molar-refractivity contribution in [3.8, 4) is 5.75 Å². The minimum Gasteiger partial charge on any atom is -0.495 e. The van der Waals surface area contributed by atoms with Gasteiger partial charge in [-0.15, -0.1) is 0 Å². The Morgan fingerprint density at radius 1 is 1.26 bits per heavy atom. The van der Waals surface area contributed by atoms with E-state index in [1.165, 1.54) is 19.2 Å². The van der Waals surface area contributed by atoms with Crippen LogP contribution in [0.15, 0.2) is 47.4 Å². The summed E-state index contributed by atoms with van der Waals surface area (Å²) in [6.07, 6.45) is 1.45. The third-order valence-corrected chi connectivity index (χ3v) is 6.15. The van der Waals surface area contributed by atoms with Crippen LogP contribution in [0.3, 0.4) is 0 Å². The van der Waals surface area contributed by atoms with Crippen LogP contribution in [0, 0.1) is 0 Å². The molecular formula is C20H24N2O4S. The molecule has 1 heterocycles. The van der Waals surface area contributed by atoms with Crippen molar-refractivity contribution in [3.63, 3.8) is 0 Å². The molecule has 27 heavy (non-hydrogen) atoms. The highest BCUT2D eigenvalue weighted by Crippen LogP contribution is 2.34. The number of ether oxygens (including phenoxy) is 1. The quantitative estimate of drug-likeness (QED) is 0.825. The van der Waals surface area contributed by atoms with E-state index in [9.17, 15) is 13.2 Å². The van der Waals surface area contributed by atoms with Gasteiger partial charge in [-0.2, -0.15) is 0 Å². The predicted molar refractivity (Wildman–Crippen MR) is 105 cm³/mol. The first-order valence-corrected chi connectivity index (χ1v) is 10.5. The van der Waals surface area contributed by atoms with Crippen molar-refractivity contribution in [3.05, 3.63) is 53.6 Å². The zero-order chi connectivity index (χ0) is 19.6. The number of methoxy groups -OCH3 is 1. The van der Waals surface area contributed by atoms with Crippen LogP contribution in [0.2, 0.25) is 0 Å². The van der Waals surface area contributed by atoms with E-state index in [1.807, 2.05) is 38.1 Å². The van der Waals surface area contributed by atoms with Gasteiger partial charge in [-0.25, -0.2) is 13.1 Å². The van der Waals surface area contributed by atoms with Gasteiger partial charge in [0.05, 0.1) is 7.11 Å². The lowest BCUT2D eigenvalue weighted by atomic mass is 10.1. The van der Waals surface area contributed by atoms with Gasteiger partial charge in [-0.05, 0) is 49.6 Å². The van der Waals surface area contributed by atoms with Gasteiger partial charge in [0.15, 0.2) is 0 Å². The van der Waals surface area contributed by atoms with Crippen LogP contribution < -0.4 is 14.4 Å². The van der Waals surface area contributed by atoms with Crippen LogP contribution in [0.25, 0.3) is 0 Å². The fourth-order valence-electron chi connectivity index (χ4n) is 3.35. The second-order valence-electron chi connectivity index (χ2n) is 6.62. The van der Waals surface area contributed by atoms with E-state index in [0.717, 1.165) is 17.7 Å². The molecular weight excluding hydrogens is 364 g/mol. The summed E-state index contributed by atoms with van der Waals surface area (Å²) >= 11 is 0. The Labute approximate surface area is 160 Å². The summed E-state index contributed by atoms with van der Waals surface area (Å²) in [6.45, 7) is 4.19. The average molecular weight is 388 g/mol. The number of anilines is 1. The van der Waals surface area contributed by atoms with Crippen LogP contribution >= 0.6 is 0 Å². The Hall–Kier alpha value is -2.38. The summed E-state index contributed by atoms with van der Waals surface area (Å²) < 4.78 is 33.0. The van der Waals surface area contributed by atoms with E-state index < -0.39 is 10.0 Å². The molecule has 0 spiro atoms. The molecule has 0 saturated heterocycles. The second kappa shape index (κ2) is 7.70. The van der Waals surface area contributed by atoms with Crippen LogP contribution in [-0.4, -0.2) is 34.0 Å². The number of para-hydroxylation sites is 1. The summed E-state index contributed by atoms with van der Waals surface area (Å²) in [7, 11) is -2.35. The third kappa shape index (κ3) is 3.70. The van der Waals surface area contributed by atoms with Crippen molar-refractivity contribution < 1.29 is 17.9 Å². The van der Waals surface area contributed by atoms with Gasteiger partial charge in [0.1, 0.15) is 10.6 Å². The van der Waals surface area contributed by atoms with Crippen molar-refractivity contribution in [2.75, 3.05) is 18.6 Å². The number of amides is 1. The topological polar surface area (TPSA) is 75.7 Å². The van der Waals surface area contributed by atoms with Crippen molar-refractivity contribution in [1.29, 1.82) is 0 Å². The highest BCUT2D eigenvalue weighted by atomic mass is 32.2. The molecule has 144 valence electrons. The lowest BCUT2D eigenvalue weighted by Crippen LogP contribution is -2.36. The smallest absolute Gasteiger partial charge is 0.258 e. The lowest BCUT2D eigenvalue weighted by Gasteiger charge is -2.23. The van der Waals surface area contributed by atoms with Crippen molar-refractivity contribution in [2.24, 2.45) is 0 Å². The maximum atomic E-state index is 13.2. The molecule has 1 N–H and O–H groups in total. The Kier molecular flexibility index (Phi) is 5.53. The molecule has 2 aromatic carbocycles. The molecule has 1 aliphatic heterocycles. The molecule has 0 saturated carbocycles. The zero-order valence-electron chi connectivity index (χ0n) is 15.7. The lowest BCUT2D eigenvalue weighted by molar-refractivity contribution is 0.0981. The van der Waals surface area contributed by atoms with Gasteiger partial charge in [0, 0.05) is 23.8 Å². The second-order valence-corrected chi connectivity index (χ2v) is 8.36. The number of nitrogens with zero attached hydrogens (tertiary/aromatic N) is 1. The largest absolute Gasteiger partial charge is 0.495 e. The van der Waals surface area contributed by atoms with Gasteiger partial charge in [0.2, 0.25) is 10.0 Å². The Morgan fingerprint density at radius 2 is 2.00 bits per heavy atom. The number of sulfonamides is 1. The van der Waals surface area contributed by atoms with E-state index in [-0.39, 0.29) is 22.6 Å². The molecule has 7 heteroatoms. The summed E-state index contributed by atoms with van der Waals surface area (Å²) in [5.74, 6) is -0.00734. The number of hydrogen-bond acceptors (Lipinski definition) is 4. The van der Waals surface area contributed by atoms with Crippen molar-refractivity contribution in [1.82, 2.24) is 4.72 Å². The van der Waals surface area contributed by atoms with Crippen LogP contribution in [-0.2, 0) is 16.4 Å². The van der Waals surface area contributed by atoms with E-state index in [2.05, 4.69) is 4.72 Å². The van der Waals surface area contributed by atoms with Crippen molar-refractivity contribution >= 4 is 21.6 Å². The predicted octanol–water partition coefficient (Wildman–Crippen LogP) is 2.97. The minimum atomic E-state index is -3.76. The first-order valence-electron chi connectivity index (χ1n) is 8.98. The Morgan fingerprint density at radius 3 is 2.70 bits per heavy atom. The number of rotatable bonds is 6. The number of carbonyl (C=O) groups excluding carboxylic acids is 1. The monoisotopic (exact) mass is 388 g/mol. The zero-order valence-corrected chi connectivity index (χ0v) is 16.5. The average Bonchev–Trinajstić information content (AvgIpc) is 3.01. The van der Waals surface area contributed by atoms with Crippen LogP contribution in [0.1, 0.15) is 36.2 Å². The van der Waals surface area contributed by atoms with Crippen LogP contribution in [0.4, 0.5) is 5.69 Å². The molecule has 1 atom stereocenters. The standard InChI is InChI=1S/C20H24N2O4S/c1-4-11-21-27(24,25)19-13-16(9-10-18(19)26-3)20(23)22-14(2)12-15-7-5-6-8-17(15)22/h5-10,13-14,21H,4,11-12H2,1-3H3/t14-/m0/s1. The number of carbonyl (C=O) groups is 1. The van der Waals surface area contributed by atoms with E-state index in [0.29, 0.717) is 18.5 Å². The molecule has 0 bridgehead atoms. The molecule has 1 aliphatic rings. The van der Waals surface area contributed by atoms with Gasteiger partial charge in [-0.3, -0.25) is 4.79 Å². The third-order valence-electron chi connectivity index (χ3n) is 4.67. The van der Waals surface area contributed by atoms with E-state index in [1.54, 1.807) is 11.0 Å². The van der Waals surface area contributed by atoms with Gasteiger partial charge >= 0.3 is 0 Å². The normalized spacial score (nSPS) is 16.3. The Balaban J connectivity index is 2.00. The van der Waals surface area contributed by atoms with E-state index >= 15 is 0 Å². The van der Waals surface area contributed by atoms with Gasteiger partial charge < -0.3 is 9.64 Å². The number of fused-ring (bicyclic) bond motifs is 1. The highest BCUT2D eigenvalue weighted by Gasteiger charge is 2.32. The first-order chi connectivity index (χ1) is 12.9. The highest BCUT2D eigenvalue weighted by molar-refractivity contribution is 7.89. The molecule has 2 aromatic rings. The molecule has 0 radical (unpaired) electrons. The first kappa shape index (κ1) is 19.4. The molecule has 1 amide bonds. The molecule has 6 nitrogen and oxygen atoms in total. The summed E-state index contributed by atoms with van der Waals surface area (Å²) in [6, 6.07) is 12.3. The fourth-order valence-corrected chi connectivity index (χ4v) is 4.67. The summed E-state index contributed by atoms with van der Waals surface area (Å²) in [5, 5.41) is 0. The Bertz CT molecular complexity index is 956. The number of benzene rings is 2. The molecule has 0 fully saturated rings. The van der Waals surface area contributed by atoms with Crippen LogP contribution in [0.5, 0.6) is 5.75 Å². The SMILES string of the molecule is CCCNS(=O)(=O)c1cc(C(=O)N2c3ccccc3C[C@@H]2C)ccc1OC. The minimum absolute atomic E-state index is 0.00951. The van der Waals surface area contributed by atoms with Crippen molar-refractivity contribution in [2.45, 2.75) is 37.6 Å². The van der Waals surface area contributed by atoms with E-state index in [4.69, 9.17) is 4.74 Å². The summed E-state index contributed by atoms with van der Waals surface area (Å²) in [5.41, 5.74) is 2.31.